The first-order valence-corrected chi connectivity index (χ1v) is 10.1. The monoisotopic (exact) mass is 436 g/mol. The molecule has 4 aromatic rings. The van der Waals surface area contributed by atoms with Crippen LogP contribution < -0.4 is 4.74 Å². The lowest BCUT2D eigenvalue weighted by Gasteiger charge is -2.18. The van der Waals surface area contributed by atoms with Gasteiger partial charge in [0.2, 0.25) is 0 Å². The van der Waals surface area contributed by atoms with Gasteiger partial charge in [0.15, 0.2) is 0 Å². The summed E-state index contributed by atoms with van der Waals surface area (Å²) in [5.74, 6) is 0.00481. The molecule has 3 heterocycles. The van der Waals surface area contributed by atoms with Crippen molar-refractivity contribution in [2.45, 2.75) is 13.1 Å². The zero-order valence-electron chi connectivity index (χ0n) is 16.9. The minimum absolute atomic E-state index is 0.0745. The largest absolute Gasteiger partial charge is 0.494 e. The summed E-state index contributed by atoms with van der Waals surface area (Å²) in [6.45, 7) is 0.409. The van der Waals surface area contributed by atoms with Gasteiger partial charge in [-0.2, -0.15) is 5.10 Å². The molecule has 1 aliphatic heterocycles. The van der Waals surface area contributed by atoms with E-state index in [-0.39, 0.29) is 23.0 Å². The molecule has 0 bridgehead atoms. The molecule has 8 heteroatoms. The lowest BCUT2D eigenvalue weighted by Crippen LogP contribution is -2.24. The third-order valence-corrected chi connectivity index (χ3v) is 5.86. The molecule has 0 N–H and O–H groups in total. The predicted octanol–water partition coefficient (Wildman–Crippen LogP) is 4.59. The summed E-state index contributed by atoms with van der Waals surface area (Å²) in [7, 11) is 3.40. The van der Waals surface area contributed by atoms with E-state index in [1.54, 1.807) is 47.2 Å². The van der Waals surface area contributed by atoms with E-state index in [4.69, 9.17) is 16.3 Å². The Balaban J connectivity index is 1.51. The average Bonchev–Trinajstić information content (AvgIpc) is 3.29. The average molecular weight is 437 g/mol. The van der Waals surface area contributed by atoms with E-state index in [1.807, 2.05) is 19.3 Å². The molecule has 0 saturated carbocycles. The number of rotatable bonds is 4. The van der Waals surface area contributed by atoms with Gasteiger partial charge in [0, 0.05) is 35.4 Å². The van der Waals surface area contributed by atoms with E-state index in [2.05, 4.69) is 10.1 Å². The molecule has 31 heavy (non-hydrogen) atoms. The Hall–Kier alpha value is -3.45. The lowest BCUT2D eigenvalue weighted by atomic mass is 9.99. The van der Waals surface area contributed by atoms with E-state index in [0.717, 1.165) is 10.9 Å². The molecular weight excluding hydrogens is 419 g/mol. The number of halogens is 2. The summed E-state index contributed by atoms with van der Waals surface area (Å²) in [5, 5.41) is 5.54. The maximum Gasteiger partial charge on any atom is 0.256 e. The second-order valence-electron chi connectivity index (χ2n) is 7.46. The van der Waals surface area contributed by atoms with Crippen molar-refractivity contribution >= 4 is 28.4 Å². The van der Waals surface area contributed by atoms with Crippen molar-refractivity contribution in [1.29, 1.82) is 0 Å². The number of hydrogen-bond acceptors (Lipinski definition) is 4. The maximum absolute atomic E-state index is 15.2. The standard InChI is InChI=1S/C23H18ClFN4O2/c1-28-10-16-14(5-6-21(31-2)22(16)27-28)13-8-18(24)17(19(25)9-13)11-29-12-20-15(23(29)30)4-3-7-26-20/h3-10H,11-12H2,1-2H3. The van der Waals surface area contributed by atoms with Crippen LogP contribution in [0.1, 0.15) is 21.6 Å². The zero-order valence-corrected chi connectivity index (χ0v) is 17.7. The first-order chi connectivity index (χ1) is 15.0. The predicted molar refractivity (Wildman–Crippen MR) is 115 cm³/mol. The first-order valence-electron chi connectivity index (χ1n) is 9.68. The van der Waals surface area contributed by atoms with E-state index >= 15 is 4.39 Å². The highest BCUT2D eigenvalue weighted by molar-refractivity contribution is 6.31. The molecule has 0 fully saturated rings. The molecule has 0 unspecified atom stereocenters. The summed E-state index contributed by atoms with van der Waals surface area (Å²) in [6, 6.07) is 10.3. The number of carbonyl (C=O) groups is 1. The van der Waals surface area contributed by atoms with Crippen molar-refractivity contribution in [2.24, 2.45) is 7.05 Å². The van der Waals surface area contributed by atoms with Crippen LogP contribution in [0.3, 0.4) is 0 Å². The van der Waals surface area contributed by atoms with Crippen LogP contribution in [0.4, 0.5) is 4.39 Å². The van der Waals surface area contributed by atoms with Crippen LogP contribution >= 0.6 is 11.6 Å². The zero-order chi connectivity index (χ0) is 21.7. The highest BCUT2D eigenvalue weighted by Gasteiger charge is 2.29. The highest BCUT2D eigenvalue weighted by atomic mass is 35.5. The number of pyridine rings is 1. The van der Waals surface area contributed by atoms with E-state index in [0.29, 0.717) is 34.6 Å². The fourth-order valence-corrected chi connectivity index (χ4v) is 4.29. The summed E-state index contributed by atoms with van der Waals surface area (Å²) in [4.78, 5) is 18.4. The fourth-order valence-electron chi connectivity index (χ4n) is 4.02. The summed E-state index contributed by atoms with van der Waals surface area (Å²) in [6.07, 6.45) is 3.51. The molecular formula is C23H18ClFN4O2. The van der Waals surface area contributed by atoms with Crippen molar-refractivity contribution < 1.29 is 13.9 Å². The number of benzene rings is 2. The summed E-state index contributed by atoms with van der Waals surface area (Å²) in [5.41, 5.74) is 3.64. The SMILES string of the molecule is COc1ccc(-c2cc(F)c(CN3Cc4ncccc4C3=O)c(Cl)c2)c2cn(C)nc12. The van der Waals surface area contributed by atoms with Gasteiger partial charge in [0.1, 0.15) is 17.1 Å². The molecule has 2 aromatic carbocycles. The van der Waals surface area contributed by atoms with Gasteiger partial charge in [-0.25, -0.2) is 4.39 Å². The fraction of sp³-hybridized carbons (Fsp3) is 0.174. The van der Waals surface area contributed by atoms with Gasteiger partial charge < -0.3 is 9.64 Å². The number of methoxy groups -OCH3 is 1. The van der Waals surface area contributed by atoms with Crippen LogP contribution in [0.5, 0.6) is 5.75 Å². The molecule has 0 atom stereocenters. The molecule has 0 radical (unpaired) electrons. The first kappa shape index (κ1) is 19.5. The quantitative estimate of drug-likeness (QED) is 0.469. The molecule has 5 rings (SSSR count). The normalized spacial score (nSPS) is 13.2. The number of fused-ring (bicyclic) bond motifs is 2. The van der Waals surface area contributed by atoms with Crippen LogP contribution in [0.2, 0.25) is 5.02 Å². The van der Waals surface area contributed by atoms with Gasteiger partial charge in [-0.1, -0.05) is 11.6 Å². The third kappa shape index (κ3) is 3.21. The Kier molecular flexibility index (Phi) is 4.63. The lowest BCUT2D eigenvalue weighted by molar-refractivity contribution is 0.0765. The molecule has 0 saturated heterocycles. The Bertz CT molecular complexity index is 1330. The van der Waals surface area contributed by atoms with Crippen molar-refractivity contribution in [3.63, 3.8) is 0 Å². The van der Waals surface area contributed by atoms with Gasteiger partial charge in [0.25, 0.3) is 5.91 Å². The van der Waals surface area contributed by atoms with Crippen molar-refractivity contribution in [2.75, 3.05) is 7.11 Å². The highest BCUT2D eigenvalue weighted by Crippen LogP contribution is 2.36. The Morgan fingerprint density at radius 1 is 1.23 bits per heavy atom. The smallest absolute Gasteiger partial charge is 0.256 e. The van der Waals surface area contributed by atoms with Crippen LogP contribution in [0.15, 0.2) is 48.8 Å². The molecule has 0 aliphatic carbocycles. The molecule has 1 aliphatic rings. The Morgan fingerprint density at radius 3 is 2.81 bits per heavy atom. The summed E-state index contributed by atoms with van der Waals surface area (Å²) >= 11 is 6.50. The minimum atomic E-state index is -0.466. The molecule has 156 valence electrons. The second kappa shape index (κ2) is 7.35. The van der Waals surface area contributed by atoms with Crippen molar-refractivity contribution in [3.8, 4) is 16.9 Å². The van der Waals surface area contributed by atoms with Crippen LogP contribution in [-0.2, 0) is 20.1 Å². The van der Waals surface area contributed by atoms with Gasteiger partial charge >= 0.3 is 0 Å². The number of aromatic nitrogens is 3. The van der Waals surface area contributed by atoms with Gasteiger partial charge in [-0.15, -0.1) is 0 Å². The van der Waals surface area contributed by atoms with E-state index in [1.165, 1.54) is 6.07 Å². The second-order valence-corrected chi connectivity index (χ2v) is 7.86. The Labute approximate surface area is 182 Å². The number of carbonyl (C=O) groups excluding carboxylic acids is 1. The number of hydrogen-bond donors (Lipinski definition) is 0. The summed E-state index contributed by atoms with van der Waals surface area (Å²) < 4.78 is 22.3. The number of ether oxygens (including phenoxy) is 1. The third-order valence-electron chi connectivity index (χ3n) is 5.52. The molecule has 1 amide bonds. The number of nitrogens with zero attached hydrogens (tertiary/aromatic N) is 4. The van der Waals surface area contributed by atoms with E-state index in [9.17, 15) is 4.79 Å². The minimum Gasteiger partial charge on any atom is -0.494 e. The molecule has 0 spiro atoms. The van der Waals surface area contributed by atoms with Gasteiger partial charge in [0.05, 0.1) is 31.5 Å². The maximum atomic E-state index is 15.2. The van der Waals surface area contributed by atoms with Crippen LogP contribution in [0, 0.1) is 5.82 Å². The number of amides is 1. The van der Waals surface area contributed by atoms with Crippen LogP contribution in [-0.4, -0.2) is 32.7 Å². The van der Waals surface area contributed by atoms with Gasteiger partial charge in [-0.05, 0) is 47.5 Å². The molecule has 2 aromatic heterocycles. The molecule has 6 nitrogen and oxygen atoms in total. The van der Waals surface area contributed by atoms with E-state index < -0.39 is 5.82 Å². The van der Waals surface area contributed by atoms with Gasteiger partial charge in [-0.3, -0.25) is 14.5 Å². The van der Waals surface area contributed by atoms with Crippen molar-refractivity contribution in [1.82, 2.24) is 19.7 Å². The van der Waals surface area contributed by atoms with Crippen molar-refractivity contribution in [3.05, 3.63) is 76.5 Å². The number of aryl methyl sites for hydroxylation is 1. The topological polar surface area (TPSA) is 60.2 Å². The Morgan fingerprint density at radius 2 is 2.06 bits per heavy atom. The van der Waals surface area contributed by atoms with Crippen LogP contribution in [0.25, 0.3) is 22.0 Å².